The van der Waals surface area contributed by atoms with Gasteiger partial charge in [0.15, 0.2) is 12.1 Å². The Balaban J connectivity index is 1.64. The van der Waals surface area contributed by atoms with Gasteiger partial charge in [-0.25, -0.2) is 0 Å². The monoisotopic (exact) mass is 502 g/mol. The van der Waals surface area contributed by atoms with E-state index in [0.717, 1.165) is 0 Å². The molecule has 14 heteroatoms. The van der Waals surface area contributed by atoms with Gasteiger partial charge in [0, 0.05) is 13.7 Å². The van der Waals surface area contributed by atoms with Gasteiger partial charge in [-0.15, -0.1) is 0 Å². The van der Waals surface area contributed by atoms with Crippen molar-refractivity contribution in [3.05, 3.63) is 0 Å². The number of hydrogen-bond donors (Lipinski definition) is 2. The second-order valence-electron chi connectivity index (χ2n) is 8.74. The molecule has 0 aromatic heterocycles. The second kappa shape index (κ2) is 11.3. The molecular weight excluding hydrogens is 469 g/mol. The van der Waals surface area contributed by atoms with Crippen LogP contribution in [0.5, 0.6) is 0 Å². The number of nitrogens with one attached hydrogen (secondary N) is 1. The lowest BCUT2D eigenvalue weighted by Crippen LogP contribution is -2.66. The number of ether oxygens (including phenoxy) is 8. The van der Waals surface area contributed by atoms with E-state index in [-0.39, 0.29) is 26.4 Å². The zero-order valence-electron chi connectivity index (χ0n) is 19.4. The Hall–Kier alpha value is -1.10. The van der Waals surface area contributed by atoms with Gasteiger partial charge in [-0.3, -0.25) is 4.79 Å². The first-order valence-electron chi connectivity index (χ1n) is 11.0. The summed E-state index contributed by atoms with van der Waals surface area (Å²) in [5.74, 6) is -3.22. The van der Waals surface area contributed by atoms with Crippen LogP contribution in [0.3, 0.4) is 0 Å². The van der Waals surface area contributed by atoms with Crippen molar-refractivity contribution >= 4 is 5.91 Å². The summed E-state index contributed by atoms with van der Waals surface area (Å²) in [6.45, 7) is 5.07. The van der Waals surface area contributed by atoms with Crippen molar-refractivity contribution in [2.75, 3.05) is 59.9 Å². The maximum absolute atomic E-state index is 12.9. The van der Waals surface area contributed by atoms with Crippen molar-refractivity contribution in [3.63, 3.8) is 0 Å². The lowest BCUT2D eigenvalue weighted by molar-refractivity contribution is -0.220. The average Bonchev–Trinajstić information content (AvgIpc) is 3.31. The minimum Gasteiger partial charge on any atom is -0.382 e. The molecule has 0 saturated carbocycles. The molecule has 0 aliphatic carbocycles. The third kappa shape index (κ3) is 6.56. The number of rotatable bonds is 13. The Morgan fingerprint density at radius 1 is 1.15 bits per heavy atom. The fraction of sp³-hybridized carbons (Fsp3) is 0.950. The van der Waals surface area contributed by atoms with Gasteiger partial charge in [-0.05, 0) is 13.8 Å². The van der Waals surface area contributed by atoms with Crippen molar-refractivity contribution in [2.24, 2.45) is 5.73 Å². The van der Waals surface area contributed by atoms with Crippen molar-refractivity contribution in [1.82, 2.24) is 5.32 Å². The second-order valence-corrected chi connectivity index (χ2v) is 8.74. The molecule has 3 rings (SSSR count). The number of alkyl halides is 3. The Bertz CT molecular complexity index is 684. The molecule has 3 heterocycles. The molecule has 6 atom stereocenters. The lowest BCUT2D eigenvalue weighted by Gasteiger charge is -2.42. The number of carbonyl (C=O) groups excluding carboxylic acids is 1. The SMILES string of the molecule is COCCOCC(COC[C@@]12CO[C@@H](O1)[C@H](NC(=O)C(F)(F)F)[C@H]1OC(C)(C)O[C@H]12)OCCN. The number of methoxy groups -OCH3 is 1. The molecule has 0 aromatic rings. The quantitative estimate of drug-likeness (QED) is 0.324. The van der Waals surface area contributed by atoms with Crippen LogP contribution in [0.1, 0.15) is 13.8 Å². The third-order valence-corrected chi connectivity index (χ3v) is 5.55. The van der Waals surface area contributed by atoms with E-state index < -0.39 is 54.1 Å². The Morgan fingerprint density at radius 2 is 1.88 bits per heavy atom. The molecule has 1 unspecified atom stereocenters. The molecule has 3 saturated heterocycles. The maximum Gasteiger partial charge on any atom is 0.471 e. The Morgan fingerprint density at radius 3 is 2.56 bits per heavy atom. The Labute approximate surface area is 195 Å². The van der Waals surface area contributed by atoms with Crippen LogP contribution in [0.4, 0.5) is 13.2 Å². The molecule has 0 aromatic carbocycles. The fourth-order valence-electron chi connectivity index (χ4n) is 4.10. The highest BCUT2D eigenvalue weighted by atomic mass is 19.4. The molecular formula is C20H33F3N2O9. The molecule has 0 spiro atoms. The average molecular weight is 502 g/mol. The van der Waals surface area contributed by atoms with Crippen molar-refractivity contribution in [1.29, 1.82) is 0 Å². The molecule has 3 N–H and O–H groups in total. The smallest absolute Gasteiger partial charge is 0.382 e. The molecule has 34 heavy (non-hydrogen) atoms. The summed E-state index contributed by atoms with van der Waals surface area (Å²) in [6, 6.07) is -1.22. The molecule has 198 valence electrons. The number of carbonyl (C=O) groups is 1. The van der Waals surface area contributed by atoms with Crippen LogP contribution in [0.25, 0.3) is 0 Å². The van der Waals surface area contributed by atoms with E-state index in [1.54, 1.807) is 21.0 Å². The summed E-state index contributed by atoms with van der Waals surface area (Å²) >= 11 is 0. The van der Waals surface area contributed by atoms with E-state index in [4.69, 9.17) is 43.6 Å². The van der Waals surface area contributed by atoms with E-state index in [0.29, 0.717) is 26.4 Å². The number of halogens is 3. The van der Waals surface area contributed by atoms with Gasteiger partial charge in [0.05, 0.1) is 46.2 Å². The highest BCUT2D eigenvalue weighted by molar-refractivity contribution is 5.82. The number of amides is 1. The van der Waals surface area contributed by atoms with Gasteiger partial charge in [-0.2, -0.15) is 13.2 Å². The van der Waals surface area contributed by atoms with Crippen LogP contribution in [0.2, 0.25) is 0 Å². The van der Waals surface area contributed by atoms with E-state index in [2.05, 4.69) is 0 Å². The van der Waals surface area contributed by atoms with Gasteiger partial charge < -0.3 is 48.9 Å². The van der Waals surface area contributed by atoms with Crippen LogP contribution >= 0.6 is 0 Å². The Kier molecular flexibility index (Phi) is 9.14. The summed E-state index contributed by atoms with van der Waals surface area (Å²) in [5.41, 5.74) is 4.37. The highest BCUT2D eigenvalue weighted by Crippen LogP contribution is 2.46. The predicted molar refractivity (Wildman–Crippen MR) is 108 cm³/mol. The van der Waals surface area contributed by atoms with Crippen LogP contribution in [-0.4, -0.2) is 114 Å². The minimum atomic E-state index is -5.06. The van der Waals surface area contributed by atoms with Crippen molar-refractivity contribution in [2.45, 2.75) is 62.1 Å². The zero-order valence-corrected chi connectivity index (χ0v) is 19.4. The molecule has 3 aliphatic rings. The van der Waals surface area contributed by atoms with Crippen LogP contribution in [0.15, 0.2) is 0 Å². The van der Waals surface area contributed by atoms with Crippen molar-refractivity contribution in [3.8, 4) is 0 Å². The first-order chi connectivity index (χ1) is 16.0. The van der Waals surface area contributed by atoms with E-state index in [1.165, 1.54) is 0 Å². The summed E-state index contributed by atoms with van der Waals surface area (Å²) in [7, 11) is 1.57. The van der Waals surface area contributed by atoms with Crippen LogP contribution in [0, 0.1) is 0 Å². The number of hydrogen-bond acceptors (Lipinski definition) is 10. The van der Waals surface area contributed by atoms with Gasteiger partial charge in [0.25, 0.3) is 0 Å². The van der Waals surface area contributed by atoms with Gasteiger partial charge in [0.1, 0.15) is 30.0 Å². The van der Waals surface area contributed by atoms with Gasteiger partial charge in [-0.1, -0.05) is 0 Å². The molecule has 2 bridgehead atoms. The number of fused-ring (bicyclic) bond motifs is 4. The third-order valence-electron chi connectivity index (χ3n) is 5.55. The van der Waals surface area contributed by atoms with E-state index in [1.807, 2.05) is 5.32 Å². The molecule has 3 aliphatic heterocycles. The van der Waals surface area contributed by atoms with E-state index >= 15 is 0 Å². The summed E-state index contributed by atoms with van der Waals surface area (Å²) in [6.07, 6.45) is -8.42. The van der Waals surface area contributed by atoms with Crippen molar-refractivity contribution < 1.29 is 55.9 Å². The van der Waals surface area contributed by atoms with Gasteiger partial charge >= 0.3 is 12.1 Å². The predicted octanol–water partition coefficient (Wildman–Crippen LogP) is -0.298. The summed E-state index contributed by atoms with van der Waals surface area (Å²) in [4.78, 5) is 11.6. The summed E-state index contributed by atoms with van der Waals surface area (Å²) < 4.78 is 83.9. The van der Waals surface area contributed by atoms with Gasteiger partial charge in [0.2, 0.25) is 0 Å². The van der Waals surface area contributed by atoms with Crippen LogP contribution < -0.4 is 11.1 Å². The topological polar surface area (TPSA) is 129 Å². The minimum absolute atomic E-state index is 0.00933. The number of nitrogens with two attached hydrogens (primary N) is 1. The van der Waals surface area contributed by atoms with E-state index in [9.17, 15) is 18.0 Å². The lowest BCUT2D eigenvalue weighted by atomic mass is 9.88. The summed E-state index contributed by atoms with van der Waals surface area (Å²) in [5, 5.41) is 1.93. The first kappa shape index (κ1) is 27.5. The largest absolute Gasteiger partial charge is 0.471 e. The van der Waals surface area contributed by atoms with Crippen LogP contribution in [-0.2, 0) is 42.7 Å². The molecule has 11 nitrogen and oxygen atoms in total. The first-order valence-corrected chi connectivity index (χ1v) is 11.0. The standard InChI is InChI=1S/C20H33F3N2O9/c1-18(2)32-14-13(25-17(26)20(21,22)23)16-31-11-19(34-16,15(14)33-18)10-29-9-12(30-5-4-24)8-28-7-6-27-3/h12-16H,4-11,24H2,1-3H3,(H,25,26)/t12?,13-,14-,15-,16+,19+/m1/s1. The highest BCUT2D eigenvalue weighted by Gasteiger charge is 2.66. The normalized spacial score (nSPS) is 33.0. The molecule has 3 fully saturated rings. The zero-order chi connectivity index (χ0) is 25.0. The molecule has 1 amide bonds. The maximum atomic E-state index is 12.9. The molecule has 0 radical (unpaired) electrons. The fourth-order valence-corrected chi connectivity index (χ4v) is 4.10.